The number of Topliss-reactive ketones (excluding diaryl/α,β-unsaturated/α-hetero) is 3. The number of carbonyl (C=O) groups excluding carboxylic acids is 5. The van der Waals surface area contributed by atoms with Gasteiger partial charge in [0.05, 0.1) is 37.6 Å². The number of nitrogens with zero attached hydrogens (tertiary/aromatic N) is 1. The van der Waals surface area contributed by atoms with Crippen LogP contribution in [0.25, 0.3) is 0 Å². The van der Waals surface area contributed by atoms with Gasteiger partial charge >= 0.3 is 5.97 Å². The Balaban J connectivity index is 1.71. The summed E-state index contributed by atoms with van der Waals surface area (Å²) in [6, 6.07) is -1.15. The number of esters is 1. The maximum Gasteiger partial charge on any atom is 0.329 e. The van der Waals surface area contributed by atoms with Crippen LogP contribution in [0.5, 0.6) is 0 Å². The maximum atomic E-state index is 14.5. The van der Waals surface area contributed by atoms with Crippen molar-refractivity contribution in [2.45, 2.75) is 180 Å². The predicted octanol–water partition coefficient (Wildman–Crippen LogP) is 6.11. The number of rotatable bonds is 9. The van der Waals surface area contributed by atoms with Gasteiger partial charge < -0.3 is 48.6 Å². The van der Waals surface area contributed by atoms with E-state index in [-0.39, 0.29) is 68.2 Å². The van der Waals surface area contributed by atoms with Crippen molar-refractivity contribution in [1.29, 1.82) is 0 Å². The van der Waals surface area contributed by atoms with Gasteiger partial charge in [0, 0.05) is 58.5 Å². The first-order valence-corrected chi connectivity index (χ1v) is 24.7. The fourth-order valence-electron chi connectivity index (χ4n) is 10.3. The molecule has 1 amide bonds. The second-order valence-corrected chi connectivity index (χ2v) is 19.9. The molecule has 0 radical (unpaired) electrons. The number of allylic oxidation sites excluding steroid dienone is 5. The molecule has 0 unspecified atom stereocenters. The van der Waals surface area contributed by atoms with Crippen molar-refractivity contribution in [3.8, 4) is 0 Å². The number of ether oxygens (including phenoxy) is 6. The summed E-state index contributed by atoms with van der Waals surface area (Å²) >= 11 is 0. The van der Waals surface area contributed by atoms with Crippen molar-refractivity contribution >= 4 is 29.2 Å². The van der Waals surface area contributed by atoms with E-state index in [0.717, 1.165) is 17.6 Å². The van der Waals surface area contributed by atoms with Gasteiger partial charge in [-0.05, 0) is 120 Å². The lowest BCUT2D eigenvalue weighted by atomic mass is 9.78. The van der Waals surface area contributed by atoms with E-state index in [1.165, 1.54) is 12.0 Å². The van der Waals surface area contributed by atoms with E-state index >= 15 is 0 Å². The molecule has 0 spiro atoms. The van der Waals surface area contributed by atoms with E-state index in [2.05, 4.69) is 5.73 Å². The first kappa shape index (κ1) is 57.0. The number of carbonyl (C=O) groups is 5. The molecular formula is C53H81NO14. The van der Waals surface area contributed by atoms with Gasteiger partial charge in [0.15, 0.2) is 5.78 Å². The molecular weight excluding hydrogens is 875 g/mol. The molecule has 0 aromatic carbocycles. The number of piperidine rings is 1. The Morgan fingerprint density at radius 2 is 1.62 bits per heavy atom. The van der Waals surface area contributed by atoms with Crippen LogP contribution in [0.4, 0.5) is 0 Å². The average Bonchev–Trinajstić information content (AvgIpc) is 3.32. The van der Waals surface area contributed by atoms with Crippen LogP contribution < -0.4 is 0 Å². The highest BCUT2D eigenvalue weighted by Crippen LogP contribution is 2.38. The topological polar surface area (TPSA) is 205 Å². The van der Waals surface area contributed by atoms with Gasteiger partial charge in [-0.15, -0.1) is 5.73 Å². The van der Waals surface area contributed by atoms with Crippen LogP contribution in [-0.2, 0) is 52.4 Å². The fourth-order valence-corrected chi connectivity index (χ4v) is 10.3. The Morgan fingerprint density at radius 1 is 0.882 bits per heavy atom. The summed E-state index contributed by atoms with van der Waals surface area (Å²) in [4.78, 5) is 72.1. The lowest BCUT2D eigenvalue weighted by Crippen LogP contribution is -2.61. The van der Waals surface area contributed by atoms with E-state index < -0.39 is 77.8 Å². The zero-order chi connectivity index (χ0) is 50.3. The summed E-state index contributed by atoms with van der Waals surface area (Å²) in [5.74, 6) is -8.14. The molecule has 3 fully saturated rings. The van der Waals surface area contributed by atoms with Gasteiger partial charge in [-0.25, -0.2) is 4.79 Å². The van der Waals surface area contributed by atoms with Crippen LogP contribution in [0.15, 0.2) is 52.8 Å². The Kier molecular flexibility index (Phi) is 22.7. The molecule has 15 nitrogen and oxygen atoms in total. The Hall–Kier alpha value is -3.63. The van der Waals surface area contributed by atoms with Crippen LogP contribution in [0.3, 0.4) is 0 Å². The standard InChI is InChI=1S/C53H81NO14/c1-32-16-12-11-13-17-33(2)44(63-8)30-40-21-19-38(7)53(62,68-40)50(59)51(60)54-23-15-14-18-41(54)52(61)67-45(35(4)28-39-20-22-43(66-25-24-55)46(29-39)64-9)31-42(56)34(3)27-37(6)48(58)49(65-10)47(57)36(5)26-32/h11-13,17,27,34-36,38-41,43-46,48-49,55,58,62H,14-15,18-26,28-31H2,1-10H3/b13-11?,33-17?,37-27+/t16?,34-,35-,36-,38-,39+,40+,41+,43-,44+,45+,46-,48-,49+,53-/m1/s1. The van der Waals surface area contributed by atoms with Crippen LogP contribution in [0.1, 0.15) is 126 Å². The fraction of sp³-hybridized carbons (Fsp3) is 0.736. The summed E-state index contributed by atoms with van der Waals surface area (Å²) in [5.41, 5.74) is 5.25. The van der Waals surface area contributed by atoms with Gasteiger partial charge in [-0.2, -0.15) is 0 Å². The molecule has 0 aromatic heterocycles. The van der Waals surface area contributed by atoms with Crippen molar-refractivity contribution in [3.63, 3.8) is 0 Å². The first-order valence-electron chi connectivity index (χ1n) is 24.7. The Morgan fingerprint density at radius 3 is 2.29 bits per heavy atom. The van der Waals surface area contributed by atoms with Crippen molar-refractivity contribution in [3.05, 3.63) is 52.8 Å². The summed E-state index contributed by atoms with van der Waals surface area (Å²) in [6.45, 7) is 12.6. The molecule has 382 valence electrons. The minimum Gasteiger partial charge on any atom is -0.460 e. The van der Waals surface area contributed by atoms with Crippen LogP contribution in [0, 0.1) is 29.6 Å². The second kappa shape index (κ2) is 27.1. The number of amides is 1. The molecule has 15 heteroatoms. The molecule has 2 bridgehead atoms. The van der Waals surface area contributed by atoms with Gasteiger partial charge in [0.1, 0.15) is 30.1 Å². The number of ketones is 3. The second-order valence-electron chi connectivity index (χ2n) is 19.9. The zero-order valence-electron chi connectivity index (χ0n) is 42.3. The highest BCUT2D eigenvalue weighted by atomic mass is 16.6. The third-order valence-electron chi connectivity index (χ3n) is 14.6. The largest absolute Gasteiger partial charge is 0.460 e. The normalized spacial score (nSPS) is 36.3. The van der Waals surface area contributed by atoms with Crippen LogP contribution in [-0.4, -0.2) is 145 Å². The lowest BCUT2D eigenvalue weighted by molar-refractivity contribution is -0.265. The summed E-state index contributed by atoms with van der Waals surface area (Å²) in [7, 11) is 4.56. The molecule has 14 atom stereocenters. The van der Waals surface area contributed by atoms with E-state index in [4.69, 9.17) is 28.4 Å². The molecule has 1 aliphatic carbocycles. The molecule has 3 heterocycles. The van der Waals surface area contributed by atoms with Crippen LogP contribution >= 0.6 is 0 Å². The van der Waals surface area contributed by atoms with Gasteiger partial charge in [0.2, 0.25) is 5.79 Å². The van der Waals surface area contributed by atoms with Gasteiger partial charge in [0.25, 0.3) is 11.7 Å². The number of fused-ring (bicyclic) bond motifs is 3. The molecule has 68 heavy (non-hydrogen) atoms. The third-order valence-corrected chi connectivity index (χ3v) is 14.6. The summed E-state index contributed by atoms with van der Waals surface area (Å²) < 4.78 is 35.5. The maximum absolute atomic E-state index is 14.5. The Bertz CT molecular complexity index is 1880. The van der Waals surface area contributed by atoms with E-state index in [0.29, 0.717) is 63.4 Å². The van der Waals surface area contributed by atoms with E-state index in [1.54, 1.807) is 60.1 Å². The van der Waals surface area contributed by atoms with Crippen molar-refractivity contribution in [1.82, 2.24) is 4.90 Å². The average molecular weight is 956 g/mol. The molecule has 0 aromatic rings. The SMILES string of the molecule is CO[C@H]1C[C@@H]2CC[C@@H](C)[C@@](O)(O2)C(=O)C(=O)N2CCCC[C@H]2C(=O)O[C@H]([C@H](C)C[C@@H]2CC[C@@H](OCCO)[C@H](OC)C2)CC(=O)[C@H](C)/C=C(\C)[C@@H](O)[C@@H](OC)C(=O)[C@H](C)CC(C)=C=CC=CC=C1C. The highest BCUT2D eigenvalue weighted by Gasteiger charge is 2.53. The van der Waals surface area contributed by atoms with E-state index in [1.807, 2.05) is 32.9 Å². The molecule has 1 saturated carbocycles. The number of hydrogen-bond acceptors (Lipinski definition) is 14. The van der Waals surface area contributed by atoms with Crippen molar-refractivity contribution in [2.75, 3.05) is 41.1 Å². The lowest BCUT2D eigenvalue weighted by Gasteiger charge is -2.42. The van der Waals surface area contributed by atoms with Crippen LogP contribution in [0.2, 0.25) is 0 Å². The third kappa shape index (κ3) is 15.2. The number of methoxy groups -OCH3 is 3. The summed E-state index contributed by atoms with van der Waals surface area (Å²) in [5, 5.41) is 32.8. The zero-order valence-corrected chi connectivity index (χ0v) is 42.3. The quantitative estimate of drug-likeness (QED) is 0.103. The number of aliphatic hydroxyl groups excluding tert-OH is 2. The summed E-state index contributed by atoms with van der Waals surface area (Å²) in [6.07, 6.45) is 9.40. The number of cyclic esters (lactones) is 1. The van der Waals surface area contributed by atoms with E-state index in [9.17, 15) is 39.3 Å². The first-order chi connectivity index (χ1) is 32.3. The number of hydrogen-bond donors (Lipinski definition) is 3. The molecule has 4 rings (SSSR count). The van der Waals surface area contributed by atoms with Crippen molar-refractivity contribution < 1.29 is 67.7 Å². The smallest absolute Gasteiger partial charge is 0.329 e. The molecule has 2 saturated heterocycles. The molecule has 4 aliphatic rings. The van der Waals surface area contributed by atoms with Crippen molar-refractivity contribution in [2.24, 2.45) is 29.6 Å². The number of aliphatic hydroxyl groups is 3. The minimum absolute atomic E-state index is 0.0817. The van der Waals surface area contributed by atoms with Gasteiger partial charge in [-0.3, -0.25) is 19.2 Å². The Labute approximate surface area is 404 Å². The minimum atomic E-state index is -2.44. The molecule has 3 N–H and O–H groups in total. The predicted molar refractivity (Wildman–Crippen MR) is 255 cm³/mol. The monoisotopic (exact) mass is 956 g/mol. The van der Waals surface area contributed by atoms with Gasteiger partial charge in [-0.1, -0.05) is 52.0 Å². The molecule has 3 aliphatic heterocycles. The highest BCUT2D eigenvalue weighted by molar-refractivity contribution is 6.39.